The molecule has 0 aromatic carbocycles. The Hall–Kier alpha value is -2.44. The van der Waals surface area contributed by atoms with Crippen LogP contribution in [0.15, 0.2) is 18.5 Å². The van der Waals surface area contributed by atoms with E-state index in [2.05, 4.69) is 20.4 Å². The second-order valence-corrected chi connectivity index (χ2v) is 4.55. The number of nitrogens with two attached hydrogens (primary N) is 1. The van der Waals surface area contributed by atoms with Gasteiger partial charge in [0.15, 0.2) is 11.5 Å². The number of carbonyl (C=O) groups excluding carboxylic acids is 1. The number of hydrogen-bond acceptors (Lipinski definition) is 5. The van der Waals surface area contributed by atoms with Crippen LogP contribution in [0.3, 0.4) is 0 Å². The minimum atomic E-state index is -0.302. The van der Waals surface area contributed by atoms with Gasteiger partial charge in [0.2, 0.25) is 0 Å². The van der Waals surface area contributed by atoms with Crippen LogP contribution in [0.5, 0.6) is 0 Å². The summed E-state index contributed by atoms with van der Waals surface area (Å²) >= 11 is 0. The molecular weight excluding hydrogens is 256 g/mol. The maximum atomic E-state index is 11.8. The lowest BCUT2D eigenvalue weighted by Crippen LogP contribution is -2.27. The highest BCUT2D eigenvalue weighted by atomic mass is 16.1. The van der Waals surface area contributed by atoms with E-state index in [0.717, 1.165) is 24.4 Å². The van der Waals surface area contributed by atoms with Crippen molar-refractivity contribution < 1.29 is 4.79 Å². The SMILES string of the molecule is Cc1cc(C)n(CCCNC(=O)c2nccnc2N)n1. The van der Waals surface area contributed by atoms with Gasteiger partial charge in [-0.1, -0.05) is 0 Å². The zero-order valence-corrected chi connectivity index (χ0v) is 11.6. The Morgan fingerprint density at radius 1 is 1.35 bits per heavy atom. The lowest BCUT2D eigenvalue weighted by molar-refractivity contribution is 0.0948. The Labute approximate surface area is 117 Å². The molecule has 2 aromatic rings. The summed E-state index contributed by atoms with van der Waals surface area (Å²) in [6, 6.07) is 2.03. The third-order valence-electron chi connectivity index (χ3n) is 2.88. The maximum Gasteiger partial charge on any atom is 0.273 e. The van der Waals surface area contributed by atoms with Crippen LogP contribution < -0.4 is 11.1 Å². The lowest BCUT2D eigenvalue weighted by atomic mass is 10.3. The first kappa shape index (κ1) is 14.0. The van der Waals surface area contributed by atoms with E-state index < -0.39 is 0 Å². The summed E-state index contributed by atoms with van der Waals surface area (Å²) in [5.41, 5.74) is 7.87. The van der Waals surface area contributed by atoms with E-state index in [1.54, 1.807) is 0 Å². The van der Waals surface area contributed by atoms with Gasteiger partial charge in [-0.05, 0) is 26.3 Å². The summed E-state index contributed by atoms with van der Waals surface area (Å²) in [7, 11) is 0. The molecule has 0 atom stereocenters. The first-order chi connectivity index (χ1) is 9.58. The monoisotopic (exact) mass is 274 g/mol. The Bertz CT molecular complexity index is 607. The van der Waals surface area contributed by atoms with E-state index in [-0.39, 0.29) is 17.4 Å². The lowest BCUT2D eigenvalue weighted by Gasteiger charge is -2.07. The van der Waals surface area contributed by atoms with Gasteiger partial charge in [0.25, 0.3) is 5.91 Å². The number of aryl methyl sites for hydroxylation is 3. The first-order valence-corrected chi connectivity index (χ1v) is 6.43. The van der Waals surface area contributed by atoms with Crippen molar-refractivity contribution in [2.75, 3.05) is 12.3 Å². The van der Waals surface area contributed by atoms with Crippen molar-refractivity contribution in [2.24, 2.45) is 0 Å². The fourth-order valence-electron chi connectivity index (χ4n) is 1.94. The van der Waals surface area contributed by atoms with Gasteiger partial charge in [-0.3, -0.25) is 9.48 Å². The molecule has 0 radical (unpaired) electrons. The smallest absolute Gasteiger partial charge is 0.273 e. The number of nitrogens with zero attached hydrogens (tertiary/aromatic N) is 4. The summed E-state index contributed by atoms with van der Waals surface area (Å²) in [6.45, 7) is 5.27. The molecule has 0 saturated heterocycles. The quantitative estimate of drug-likeness (QED) is 0.782. The number of nitrogens with one attached hydrogen (secondary N) is 1. The van der Waals surface area contributed by atoms with Gasteiger partial charge in [-0.25, -0.2) is 9.97 Å². The average Bonchev–Trinajstić information content (AvgIpc) is 2.73. The van der Waals surface area contributed by atoms with Crippen LogP contribution >= 0.6 is 0 Å². The summed E-state index contributed by atoms with van der Waals surface area (Å²) < 4.78 is 1.93. The fourth-order valence-corrected chi connectivity index (χ4v) is 1.94. The Morgan fingerprint density at radius 3 is 2.75 bits per heavy atom. The van der Waals surface area contributed by atoms with Crippen molar-refractivity contribution in [3.05, 3.63) is 35.5 Å². The summed E-state index contributed by atoms with van der Waals surface area (Å²) in [5, 5.41) is 7.13. The van der Waals surface area contributed by atoms with Gasteiger partial charge in [-0.15, -0.1) is 0 Å². The summed E-state index contributed by atoms with van der Waals surface area (Å²) in [5.74, 6) is -0.160. The van der Waals surface area contributed by atoms with Crippen molar-refractivity contribution in [1.29, 1.82) is 0 Å². The largest absolute Gasteiger partial charge is 0.382 e. The van der Waals surface area contributed by atoms with Gasteiger partial charge in [-0.2, -0.15) is 5.10 Å². The number of anilines is 1. The molecule has 0 spiro atoms. The second kappa shape index (κ2) is 6.14. The predicted octanol–water partition coefficient (Wildman–Crippen LogP) is 0.692. The molecule has 1 amide bonds. The zero-order valence-electron chi connectivity index (χ0n) is 11.6. The number of amides is 1. The Kier molecular flexibility index (Phi) is 4.29. The molecule has 0 unspecified atom stereocenters. The molecule has 0 fully saturated rings. The van der Waals surface area contributed by atoms with Gasteiger partial charge >= 0.3 is 0 Å². The third kappa shape index (κ3) is 3.31. The molecule has 2 heterocycles. The van der Waals surface area contributed by atoms with Crippen molar-refractivity contribution in [2.45, 2.75) is 26.8 Å². The first-order valence-electron chi connectivity index (χ1n) is 6.43. The van der Waals surface area contributed by atoms with Gasteiger partial charge < -0.3 is 11.1 Å². The third-order valence-corrected chi connectivity index (χ3v) is 2.88. The molecule has 106 valence electrons. The number of aromatic nitrogens is 4. The molecule has 2 aromatic heterocycles. The molecule has 3 N–H and O–H groups in total. The highest BCUT2D eigenvalue weighted by Crippen LogP contribution is 2.04. The molecule has 20 heavy (non-hydrogen) atoms. The molecule has 7 heteroatoms. The van der Waals surface area contributed by atoms with Crippen LogP contribution in [-0.4, -0.2) is 32.2 Å². The molecule has 0 aliphatic rings. The average molecular weight is 274 g/mol. The second-order valence-electron chi connectivity index (χ2n) is 4.55. The van der Waals surface area contributed by atoms with Crippen LogP contribution in [0.1, 0.15) is 28.3 Å². The van der Waals surface area contributed by atoms with Gasteiger partial charge in [0.1, 0.15) is 0 Å². The Morgan fingerprint density at radius 2 is 2.10 bits per heavy atom. The van der Waals surface area contributed by atoms with Gasteiger partial charge in [0.05, 0.1) is 5.69 Å². The van der Waals surface area contributed by atoms with E-state index in [4.69, 9.17) is 5.73 Å². The van der Waals surface area contributed by atoms with E-state index in [1.807, 2.05) is 24.6 Å². The molecule has 0 saturated carbocycles. The van der Waals surface area contributed by atoms with Crippen LogP contribution in [0.4, 0.5) is 5.82 Å². The standard InChI is InChI=1S/C13H18N6O/c1-9-8-10(2)19(18-9)7-3-4-17-13(20)11-12(14)16-6-5-15-11/h5-6,8H,3-4,7H2,1-2H3,(H2,14,16)(H,17,20). The highest BCUT2D eigenvalue weighted by molar-refractivity contribution is 5.96. The fraction of sp³-hybridized carbons (Fsp3) is 0.385. The zero-order chi connectivity index (χ0) is 14.5. The highest BCUT2D eigenvalue weighted by Gasteiger charge is 2.10. The van der Waals surface area contributed by atoms with E-state index in [0.29, 0.717) is 6.54 Å². The molecule has 7 nitrogen and oxygen atoms in total. The molecule has 0 bridgehead atoms. The van der Waals surface area contributed by atoms with E-state index in [1.165, 1.54) is 12.4 Å². The van der Waals surface area contributed by atoms with E-state index >= 15 is 0 Å². The van der Waals surface area contributed by atoms with Crippen LogP contribution in [-0.2, 0) is 6.54 Å². The number of rotatable bonds is 5. The molecule has 2 rings (SSSR count). The Balaban J connectivity index is 1.80. The summed E-state index contributed by atoms with van der Waals surface area (Å²) in [4.78, 5) is 19.6. The van der Waals surface area contributed by atoms with Crippen molar-refractivity contribution >= 4 is 11.7 Å². The van der Waals surface area contributed by atoms with E-state index in [9.17, 15) is 4.79 Å². The van der Waals surface area contributed by atoms with Crippen molar-refractivity contribution in [1.82, 2.24) is 25.1 Å². The van der Waals surface area contributed by atoms with Crippen LogP contribution in [0.25, 0.3) is 0 Å². The van der Waals surface area contributed by atoms with Crippen LogP contribution in [0.2, 0.25) is 0 Å². The molecule has 0 aliphatic carbocycles. The topological polar surface area (TPSA) is 98.7 Å². The molecular formula is C13H18N6O. The minimum absolute atomic E-state index is 0.142. The minimum Gasteiger partial charge on any atom is -0.382 e. The number of hydrogen-bond donors (Lipinski definition) is 2. The van der Waals surface area contributed by atoms with Gasteiger partial charge in [0, 0.05) is 31.2 Å². The normalized spacial score (nSPS) is 10.5. The van der Waals surface area contributed by atoms with Crippen LogP contribution in [0, 0.1) is 13.8 Å². The number of carbonyl (C=O) groups is 1. The number of nitrogen functional groups attached to an aromatic ring is 1. The van der Waals surface area contributed by atoms with Crippen molar-refractivity contribution in [3.63, 3.8) is 0 Å². The maximum absolute atomic E-state index is 11.8. The molecule has 0 aliphatic heterocycles. The predicted molar refractivity (Wildman–Crippen MR) is 75.1 cm³/mol. The summed E-state index contributed by atoms with van der Waals surface area (Å²) in [6.07, 6.45) is 3.68. The van der Waals surface area contributed by atoms with Crippen molar-refractivity contribution in [3.8, 4) is 0 Å².